The van der Waals surface area contributed by atoms with Crippen LogP contribution in [0.4, 0.5) is 9.59 Å². The topological polar surface area (TPSA) is 175 Å². The van der Waals surface area contributed by atoms with Gasteiger partial charge in [-0.1, -0.05) is 83.3 Å². The fourth-order valence-corrected chi connectivity index (χ4v) is 11.1. The molecule has 7 rings (SSSR count). The predicted octanol–water partition coefficient (Wildman–Crippen LogP) is 7.79. The van der Waals surface area contributed by atoms with E-state index < -0.39 is 32.3 Å². The quantitative estimate of drug-likeness (QED) is 0.103. The molecule has 0 saturated carbocycles. The standard InChI is InChI=1S/C44H56N8O6Si/c1-25(2)36(49-43(55)57-5)41(53)51-19-9-10-34(51)39-45-23-33(47-39)28-13-11-27(12-14-28)29-15-17-31-30(22-29)16-18-32-38(31)48-40(46-32)35-24-59(7,8)21-20-52(35)42(54)37(26(3)4)50-44(56)58-6/h11-18,22-23,25-26,34-37H,9-10,19-21,24H2,1-8H3,(H,45,47)(H,46,48)(H,49,55)(H,50,56)/t34?,35-,36?,37?/m0/s1. The van der Waals surface area contributed by atoms with Crippen LogP contribution in [0.3, 0.4) is 0 Å². The molecule has 2 aliphatic rings. The van der Waals surface area contributed by atoms with Crippen molar-refractivity contribution in [3.63, 3.8) is 0 Å². The highest BCUT2D eigenvalue weighted by Crippen LogP contribution is 2.39. The van der Waals surface area contributed by atoms with Gasteiger partial charge in [0, 0.05) is 18.5 Å². The molecule has 0 spiro atoms. The molecule has 0 aliphatic carbocycles. The number of carbonyl (C=O) groups is 4. The summed E-state index contributed by atoms with van der Waals surface area (Å²) in [6.45, 7) is 13.6. The number of amides is 4. The van der Waals surface area contributed by atoms with Crippen molar-refractivity contribution in [2.75, 3.05) is 27.3 Å². The molecule has 2 aromatic heterocycles. The monoisotopic (exact) mass is 820 g/mol. The molecule has 3 unspecified atom stereocenters. The maximum absolute atomic E-state index is 14.0. The fraction of sp³-hybridized carbons (Fsp3) is 0.455. The van der Waals surface area contributed by atoms with Gasteiger partial charge >= 0.3 is 12.2 Å². The normalized spacial score (nSPS) is 18.9. The van der Waals surface area contributed by atoms with Gasteiger partial charge in [0.05, 0.1) is 57.3 Å². The minimum Gasteiger partial charge on any atom is -0.453 e. The molecular weight excluding hydrogens is 765 g/mol. The first-order valence-corrected chi connectivity index (χ1v) is 24.0. The number of benzene rings is 3. The number of rotatable bonds is 10. The largest absolute Gasteiger partial charge is 0.453 e. The number of nitrogens with one attached hydrogen (secondary N) is 4. The first-order chi connectivity index (χ1) is 28.2. The van der Waals surface area contributed by atoms with E-state index in [-0.39, 0.29) is 35.7 Å². The Balaban J connectivity index is 1.10. The Kier molecular flexibility index (Phi) is 11.9. The van der Waals surface area contributed by atoms with Gasteiger partial charge < -0.3 is 39.9 Å². The van der Waals surface area contributed by atoms with Crippen LogP contribution < -0.4 is 10.6 Å². The van der Waals surface area contributed by atoms with Crippen LogP contribution in [0.5, 0.6) is 0 Å². The van der Waals surface area contributed by atoms with Gasteiger partial charge in [-0.3, -0.25) is 9.59 Å². The number of likely N-dealkylation sites (tertiary alicyclic amines) is 1. The van der Waals surface area contributed by atoms with Crippen molar-refractivity contribution in [2.45, 2.75) is 89.9 Å². The van der Waals surface area contributed by atoms with Crippen molar-refractivity contribution < 1.29 is 28.7 Å². The minimum absolute atomic E-state index is 0.108. The molecule has 4 atom stereocenters. The van der Waals surface area contributed by atoms with Crippen LogP contribution in [0.25, 0.3) is 44.2 Å². The third-order valence-electron chi connectivity index (χ3n) is 12.0. The lowest BCUT2D eigenvalue weighted by Gasteiger charge is -2.43. The molecule has 15 heteroatoms. The van der Waals surface area contributed by atoms with Crippen molar-refractivity contribution in [1.29, 1.82) is 0 Å². The lowest BCUT2D eigenvalue weighted by atomic mass is 9.99. The van der Waals surface area contributed by atoms with Crippen molar-refractivity contribution in [2.24, 2.45) is 11.8 Å². The molecule has 2 saturated heterocycles. The van der Waals surface area contributed by atoms with Crippen LogP contribution in [-0.4, -0.2) is 101 Å². The zero-order valence-corrected chi connectivity index (χ0v) is 36.2. The van der Waals surface area contributed by atoms with E-state index in [1.54, 1.807) is 0 Å². The summed E-state index contributed by atoms with van der Waals surface area (Å²) in [4.78, 5) is 72.4. The van der Waals surface area contributed by atoms with E-state index in [1.807, 2.05) is 43.7 Å². The third kappa shape index (κ3) is 8.56. The van der Waals surface area contributed by atoms with Gasteiger partial charge in [-0.05, 0) is 71.0 Å². The second-order valence-corrected chi connectivity index (χ2v) is 22.6. The zero-order chi connectivity index (χ0) is 42.2. The lowest BCUT2D eigenvalue weighted by molar-refractivity contribution is -0.137. The number of nitrogens with zero attached hydrogens (tertiary/aromatic N) is 4. The summed E-state index contributed by atoms with van der Waals surface area (Å²) in [7, 11) is 0.974. The predicted molar refractivity (Wildman–Crippen MR) is 230 cm³/mol. The van der Waals surface area contributed by atoms with E-state index >= 15 is 0 Å². The number of fused-ring (bicyclic) bond motifs is 3. The highest BCUT2D eigenvalue weighted by Gasteiger charge is 2.42. The summed E-state index contributed by atoms with van der Waals surface area (Å²) in [5, 5.41) is 7.54. The number of aromatic amines is 2. The molecule has 312 valence electrons. The molecule has 4 amide bonds. The number of carbonyl (C=O) groups excluding carboxylic acids is 4. The van der Waals surface area contributed by atoms with Crippen molar-refractivity contribution in [3.8, 4) is 22.4 Å². The number of aromatic nitrogens is 4. The molecule has 4 N–H and O–H groups in total. The fourth-order valence-electron chi connectivity index (χ4n) is 8.55. The Morgan fingerprint density at radius 3 is 2.00 bits per heavy atom. The van der Waals surface area contributed by atoms with Crippen LogP contribution in [0, 0.1) is 11.8 Å². The smallest absolute Gasteiger partial charge is 0.407 e. The van der Waals surface area contributed by atoms with Gasteiger partial charge in [0.25, 0.3) is 0 Å². The maximum Gasteiger partial charge on any atom is 0.407 e. The van der Waals surface area contributed by atoms with Crippen LogP contribution >= 0.6 is 0 Å². The second-order valence-electron chi connectivity index (χ2n) is 17.3. The minimum atomic E-state index is -1.62. The maximum atomic E-state index is 14.0. The molecule has 2 fully saturated rings. The van der Waals surface area contributed by atoms with Gasteiger partial charge in [-0.15, -0.1) is 0 Å². The first-order valence-electron chi connectivity index (χ1n) is 20.6. The van der Waals surface area contributed by atoms with Crippen molar-refractivity contribution >= 4 is 53.9 Å². The average molecular weight is 821 g/mol. The Hall–Kier alpha value is -5.70. The molecule has 14 nitrogen and oxygen atoms in total. The molecular formula is C44H56N8O6Si. The van der Waals surface area contributed by atoms with Crippen LogP contribution in [-0.2, 0) is 19.1 Å². The molecule has 59 heavy (non-hydrogen) atoms. The lowest BCUT2D eigenvalue weighted by Crippen LogP contribution is -2.55. The summed E-state index contributed by atoms with van der Waals surface area (Å²) in [5.41, 5.74) is 5.74. The van der Waals surface area contributed by atoms with E-state index in [4.69, 9.17) is 19.4 Å². The Bertz CT molecular complexity index is 2350. The summed E-state index contributed by atoms with van der Waals surface area (Å²) in [6, 6.07) is 18.9. The summed E-state index contributed by atoms with van der Waals surface area (Å²) in [5.74, 6) is 1.01. The average Bonchev–Trinajstić information content (AvgIpc) is 4.01. The van der Waals surface area contributed by atoms with E-state index in [1.165, 1.54) is 14.2 Å². The number of methoxy groups -OCH3 is 2. The van der Waals surface area contributed by atoms with Crippen molar-refractivity contribution in [3.05, 3.63) is 72.4 Å². The van der Waals surface area contributed by atoms with E-state index in [9.17, 15) is 19.2 Å². The van der Waals surface area contributed by atoms with Crippen molar-refractivity contribution in [1.82, 2.24) is 40.4 Å². The van der Waals surface area contributed by atoms with Gasteiger partial charge in [0.2, 0.25) is 11.8 Å². The SMILES string of the molecule is COC(=O)NC(C(=O)N1CCCC1c1ncc(-c2ccc(-c3ccc4c(ccc5[nH]c([C@@H]6C[Si](C)(C)CCN6C(=O)C(NC(=O)OC)C(C)C)nc54)c3)cc2)[nH]1)C(C)C. The molecule has 0 bridgehead atoms. The Morgan fingerprint density at radius 2 is 1.37 bits per heavy atom. The van der Waals surface area contributed by atoms with Gasteiger partial charge in [-0.25, -0.2) is 19.6 Å². The van der Waals surface area contributed by atoms with Gasteiger partial charge in [0.1, 0.15) is 23.7 Å². The molecule has 2 aliphatic heterocycles. The third-order valence-corrected chi connectivity index (χ3v) is 15.1. The number of ether oxygens (including phenoxy) is 2. The number of hydrogen-bond acceptors (Lipinski definition) is 8. The Labute approximate surface area is 345 Å². The van der Waals surface area contributed by atoms with Crippen LogP contribution in [0.1, 0.15) is 64.3 Å². The molecule has 3 aromatic carbocycles. The summed E-state index contributed by atoms with van der Waals surface area (Å²) in [6.07, 6.45) is 2.19. The van der Waals surface area contributed by atoms with Gasteiger partial charge in [-0.2, -0.15) is 0 Å². The van der Waals surface area contributed by atoms with Crippen LogP contribution in [0.15, 0.2) is 60.8 Å². The Morgan fingerprint density at radius 1 is 0.763 bits per heavy atom. The van der Waals surface area contributed by atoms with E-state index in [0.717, 1.165) is 80.8 Å². The summed E-state index contributed by atoms with van der Waals surface area (Å²) >= 11 is 0. The highest BCUT2D eigenvalue weighted by atomic mass is 28.3. The number of H-pyrrole nitrogens is 2. The van der Waals surface area contributed by atoms with E-state index in [2.05, 4.69) is 88.3 Å². The number of alkyl carbamates (subject to hydrolysis) is 2. The molecule has 0 radical (unpaired) electrons. The molecule has 5 aromatic rings. The van der Waals surface area contributed by atoms with E-state index in [0.29, 0.717) is 13.1 Å². The first kappa shape index (κ1) is 41.5. The number of imidazole rings is 2. The second kappa shape index (κ2) is 16.9. The number of hydrogen-bond donors (Lipinski definition) is 4. The molecule has 4 heterocycles. The zero-order valence-electron chi connectivity index (χ0n) is 35.2. The van der Waals surface area contributed by atoms with Crippen LogP contribution in [0.2, 0.25) is 25.2 Å². The summed E-state index contributed by atoms with van der Waals surface area (Å²) < 4.78 is 9.61. The highest BCUT2D eigenvalue weighted by molar-refractivity contribution is 6.77. The van der Waals surface area contributed by atoms with Gasteiger partial charge in [0.15, 0.2) is 0 Å².